The van der Waals surface area contributed by atoms with Crippen LogP contribution in [0.1, 0.15) is 56.0 Å². The molecule has 4 aromatic carbocycles. The first-order valence-electron chi connectivity index (χ1n) is 14.9. The Morgan fingerprint density at radius 2 is 1.29 bits per heavy atom. The number of aliphatic hydroxyl groups excluding tert-OH is 2. The minimum atomic E-state index is -0.908. The predicted molar refractivity (Wildman–Crippen MR) is 175 cm³/mol. The van der Waals surface area contributed by atoms with E-state index in [-0.39, 0.29) is 28.1 Å². The first kappa shape index (κ1) is 35.5. The molecular weight excluding hydrogens is 627 g/mol. The molecular formula is C35H34F3N5O5. The molecule has 0 spiro atoms. The van der Waals surface area contributed by atoms with E-state index < -0.39 is 47.4 Å². The molecule has 5 N–H and O–H groups in total. The summed E-state index contributed by atoms with van der Waals surface area (Å²) in [6, 6.07) is 18.2. The molecule has 4 aromatic rings. The maximum absolute atomic E-state index is 14.3. The average molecular weight is 662 g/mol. The molecule has 0 aliphatic carbocycles. The summed E-state index contributed by atoms with van der Waals surface area (Å²) in [5, 5.41) is 28.5. The highest BCUT2D eigenvalue weighted by atomic mass is 19.1. The van der Waals surface area contributed by atoms with Gasteiger partial charge in [-0.05, 0) is 85.6 Å². The number of amides is 3. The lowest BCUT2D eigenvalue weighted by Crippen LogP contribution is -2.35. The van der Waals surface area contributed by atoms with Crippen LogP contribution in [-0.4, -0.2) is 64.3 Å². The summed E-state index contributed by atoms with van der Waals surface area (Å²) in [5.41, 5.74) is 2.74. The van der Waals surface area contributed by atoms with Gasteiger partial charge in [0.05, 0.1) is 40.9 Å². The van der Waals surface area contributed by atoms with Crippen LogP contribution in [0.15, 0.2) is 90.0 Å². The number of anilines is 2. The zero-order valence-corrected chi connectivity index (χ0v) is 26.1. The van der Waals surface area contributed by atoms with Crippen molar-refractivity contribution >= 4 is 35.3 Å². The Morgan fingerprint density at radius 1 is 0.729 bits per heavy atom. The zero-order valence-electron chi connectivity index (χ0n) is 26.1. The van der Waals surface area contributed by atoms with Crippen LogP contribution in [0.2, 0.25) is 0 Å². The van der Waals surface area contributed by atoms with Gasteiger partial charge in [-0.15, -0.1) is 0 Å². The third-order valence-corrected chi connectivity index (χ3v) is 6.82. The fourth-order valence-electron chi connectivity index (χ4n) is 4.84. The Bertz CT molecular complexity index is 1810. The minimum Gasteiger partial charge on any atom is -0.392 e. The van der Waals surface area contributed by atoms with Crippen molar-refractivity contribution in [3.63, 3.8) is 0 Å². The molecule has 0 fully saturated rings. The number of nitrogens with one attached hydrogen (secondary N) is 3. The quantitative estimate of drug-likeness (QED) is 0.102. The van der Waals surface area contributed by atoms with E-state index in [1.807, 2.05) is 4.90 Å². The number of carbonyl (C=O) groups excluding carboxylic acids is 3. The molecule has 0 saturated carbocycles. The molecule has 0 saturated heterocycles. The normalized spacial score (nSPS) is 12.5. The van der Waals surface area contributed by atoms with Crippen LogP contribution in [0.4, 0.5) is 24.5 Å². The third-order valence-electron chi connectivity index (χ3n) is 6.82. The van der Waals surface area contributed by atoms with Crippen molar-refractivity contribution in [3.8, 4) is 0 Å². The van der Waals surface area contributed by atoms with Crippen molar-refractivity contribution in [1.29, 1.82) is 0 Å². The van der Waals surface area contributed by atoms with Crippen LogP contribution in [0.25, 0.3) is 0 Å². The molecule has 0 radical (unpaired) electrons. The number of carbonyl (C=O) groups is 3. The second-order valence-corrected chi connectivity index (χ2v) is 11.1. The van der Waals surface area contributed by atoms with Crippen LogP contribution in [0, 0.1) is 17.5 Å². The SMILES string of the molecule is CC(O)CN(Cc1cccc(C(=O)Nc2ccc(F)cc2C(=O)Nc2ccc(F)cc2C(=O)N/N=C/c2cccc(F)c2)c1)CC(C)O. The number of nitrogens with zero attached hydrogens (tertiary/aromatic N) is 2. The molecule has 0 heterocycles. The molecule has 250 valence electrons. The number of rotatable bonds is 13. The number of hydrogen-bond acceptors (Lipinski definition) is 7. The molecule has 13 heteroatoms. The predicted octanol–water partition coefficient (Wildman–Crippen LogP) is 4.94. The topological polar surface area (TPSA) is 143 Å². The van der Waals surface area contributed by atoms with E-state index in [1.165, 1.54) is 30.5 Å². The van der Waals surface area contributed by atoms with Gasteiger partial charge < -0.3 is 20.8 Å². The maximum Gasteiger partial charge on any atom is 0.273 e. The largest absolute Gasteiger partial charge is 0.392 e. The standard InChI is InChI=1S/C35H34F3N5O5/c1-21(44)18-43(19-22(2)45)20-24-6-3-7-25(13-24)33(46)40-31-11-9-27(37)15-29(31)34(47)41-32-12-10-28(38)16-30(32)35(48)42-39-17-23-5-4-8-26(36)14-23/h3-17,21-22,44-45H,18-20H2,1-2H3,(H,40,46)(H,41,47)(H,42,48)/b39-17+. The highest BCUT2D eigenvalue weighted by Crippen LogP contribution is 2.23. The average Bonchev–Trinajstić information content (AvgIpc) is 3.02. The summed E-state index contributed by atoms with van der Waals surface area (Å²) in [5.74, 6) is -4.48. The Labute approximate surface area is 274 Å². The molecule has 0 aromatic heterocycles. The molecule has 0 bridgehead atoms. The number of halogens is 3. The van der Waals surface area contributed by atoms with E-state index in [1.54, 1.807) is 44.2 Å². The first-order valence-corrected chi connectivity index (χ1v) is 14.9. The van der Waals surface area contributed by atoms with Crippen LogP contribution in [0.3, 0.4) is 0 Å². The van der Waals surface area contributed by atoms with Gasteiger partial charge in [-0.3, -0.25) is 19.3 Å². The van der Waals surface area contributed by atoms with Gasteiger partial charge in [0.25, 0.3) is 17.7 Å². The maximum atomic E-state index is 14.3. The summed E-state index contributed by atoms with van der Waals surface area (Å²) >= 11 is 0. The molecule has 48 heavy (non-hydrogen) atoms. The Hall–Kier alpha value is -5.37. The van der Waals surface area contributed by atoms with Crippen molar-refractivity contribution in [1.82, 2.24) is 10.3 Å². The zero-order chi connectivity index (χ0) is 34.8. The highest BCUT2D eigenvalue weighted by molar-refractivity contribution is 6.14. The van der Waals surface area contributed by atoms with E-state index in [4.69, 9.17) is 0 Å². The van der Waals surface area contributed by atoms with Gasteiger partial charge in [0.15, 0.2) is 0 Å². The minimum absolute atomic E-state index is 0.0399. The lowest BCUT2D eigenvalue weighted by atomic mass is 10.1. The molecule has 2 atom stereocenters. The second kappa shape index (κ2) is 16.5. The summed E-state index contributed by atoms with van der Waals surface area (Å²) in [6.07, 6.45) is -0.102. The number of benzene rings is 4. The number of hydrogen-bond donors (Lipinski definition) is 5. The Balaban J connectivity index is 1.51. The van der Waals surface area contributed by atoms with E-state index in [9.17, 15) is 37.8 Å². The van der Waals surface area contributed by atoms with Crippen molar-refractivity contribution < 1.29 is 37.8 Å². The van der Waals surface area contributed by atoms with E-state index >= 15 is 0 Å². The fourth-order valence-corrected chi connectivity index (χ4v) is 4.84. The van der Waals surface area contributed by atoms with Crippen LogP contribution in [0.5, 0.6) is 0 Å². The highest BCUT2D eigenvalue weighted by Gasteiger charge is 2.20. The van der Waals surface area contributed by atoms with Crippen LogP contribution in [-0.2, 0) is 6.54 Å². The molecule has 0 aliphatic rings. The number of aliphatic hydroxyl groups is 2. The van der Waals surface area contributed by atoms with E-state index in [0.717, 1.165) is 35.9 Å². The van der Waals surface area contributed by atoms with Gasteiger partial charge in [-0.1, -0.05) is 24.3 Å². The summed E-state index contributed by atoms with van der Waals surface area (Å²) in [4.78, 5) is 41.3. The van der Waals surface area contributed by atoms with Crippen molar-refractivity contribution in [2.24, 2.45) is 5.10 Å². The monoisotopic (exact) mass is 661 g/mol. The van der Waals surface area contributed by atoms with Gasteiger partial charge in [-0.2, -0.15) is 5.10 Å². The van der Waals surface area contributed by atoms with Gasteiger partial charge >= 0.3 is 0 Å². The Kier molecular flexibility index (Phi) is 12.2. The van der Waals surface area contributed by atoms with Crippen molar-refractivity contribution in [2.45, 2.75) is 32.6 Å². The third kappa shape index (κ3) is 10.3. The van der Waals surface area contributed by atoms with E-state index in [0.29, 0.717) is 25.2 Å². The van der Waals surface area contributed by atoms with Gasteiger partial charge in [0.2, 0.25) is 0 Å². The lowest BCUT2D eigenvalue weighted by molar-refractivity contribution is 0.0793. The molecule has 2 unspecified atom stereocenters. The fraction of sp³-hybridized carbons (Fsp3) is 0.200. The lowest BCUT2D eigenvalue weighted by Gasteiger charge is -2.25. The molecule has 0 aliphatic heterocycles. The van der Waals surface area contributed by atoms with Crippen LogP contribution >= 0.6 is 0 Å². The van der Waals surface area contributed by atoms with Gasteiger partial charge in [-0.25, -0.2) is 18.6 Å². The smallest absolute Gasteiger partial charge is 0.273 e. The van der Waals surface area contributed by atoms with Crippen molar-refractivity contribution in [3.05, 3.63) is 130 Å². The summed E-state index contributed by atoms with van der Waals surface area (Å²) < 4.78 is 41.9. The van der Waals surface area contributed by atoms with Gasteiger partial charge in [0.1, 0.15) is 17.5 Å². The second-order valence-electron chi connectivity index (χ2n) is 11.1. The molecule has 3 amide bonds. The summed E-state index contributed by atoms with van der Waals surface area (Å²) in [7, 11) is 0. The first-order chi connectivity index (χ1) is 22.9. The molecule has 10 nitrogen and oxygen atoms in total. The van der Waals surface area contributed by atoms with Crippen molar-refractivity contribution in [2.75, 3.05) is 23.7 Å². The Morgan fingerprint density at radius 3 is 1.90 bits per heavy atom. The molecule has 4 rings (SSSR count). The number of hydrazone groups is 1. The van der Waals surface area contributed by atoms with Gasteiger partial charge in [0, 0.05) is 25.2 Å². The van der Waals surface area contributed by atoms with E-state index in [2.05, 4.69) is 21.2 Å². The van der Waals surface area contributed by atoms with Crippen LogP contribution < -0.4 is 16.1 Å². The summed E-state index contributed by atoms with van der Waals surface area (Å²) in [6.45, 7) is 4.20.